The summed E-state index contributed by atoms with van der Waals surface area (Å²) in [4.78, 5) is 38.1. The van der Waals surface area contributed by atoms with Crippen molar-refractivity contribution in [1.29, 1.82) is 0 Å². The van der Waals surface area contributed by atoms with Crippen LogP contribution in [0, 0.1) is 5.82 Å². The molecule has 3 N–H and O–H groups in total. The number of rotatable bonds is 13. The highest BCUT2D eigenvalue weighted by Gasteiger charge is 2.25. The fraction of sp³-hybridized carbons (Fsp3) is 0.312. The van der Waals surface area contributed by atoms with Crippen LogP contribution < -0.4 is 15.5 Å². The summed E-state index contributed by atoms with van der Waals surface area (Å²) >= 11 is 0. The van der Waals surface area contributed by atoms with E-state index in [9.17, 15) is 23.4 Å². The Labute approximate surface area is 250 Å². The number of carbonyl (C=O) groups excluding carboxylic acids is 2. The number of hydrogen-bond acceptors (Lipinski definition) is 6. The average Bonchev–Trinajstić information content (AvgIpc) is 3.38. The first kappa shape index (κ1) is 31.9. The molecule has 11 heteroatoms. The Hall–Kier alpha value is -3.98. The predicted octanol–water partition coefficient (Wildman–Crippen LogP) is 6.45. The van der Waals surface area contributed by atoms with Gasteiger partial charge in [0.1, 0.15) is 17.2 Å². The first-order chi connectivity index (χ1) is 20.6. The first-order valence-electron chi connectivity index (χ1n) is 14.3. The number of benzene rings is 3. The van der Waals surface area contributed by atoms with Crippen LogP contribution in [-0.2, 0) is 9.09 Å². The molecule has 4 aromatic rings. The van der Waals surface area contributed by atoms with Gasteiger partial charge in [0.25, 0.3) is 11.8 Å². The second-order valence-corrected chi connectivity index (χ2v) is 11.9. The van der Waals surface area contributed by atoms with Crippen molar-refractivity contribution in [3.05, 3.63) is 77.6 Å². The van der Waals surface area contributed by atoms with E-state index in [1.807, 2.05) is 32.0 Å². The van der Waals surface area contributed by atoms with Crippen LogP contribution in [0.25, 0.3) is 33.4 Å². The standard InChI is InChI=1S/C32H37FN3O6P/c1-5-36(6-2)27-20-28-26(29(32(38)34-4)30(42-28)21-12-14-24(33)15-13-21)19-25(27)22-10-8-11-23(18-22)31(37)35-16-9-17-43(39,40)41-7-3/h8,10-15,18-20H,5-7,9,16-17H2,1-4H3,(H,34,38)(H,35,37)(H,39,40). The molecule has 228 valence electrons. The van der Waals surface area contributed by atoms with Crippen LogP contribution in [0.5, 0.6) is 0 Å². The molecule has 3 aromatic carbocycles. The smallest absolute Gasteiger partial charge is 0.328 e. The summed E-state index contributed by atoms with van der Waals surface area (Å²) < 4.78 is 36.7. The van der Waals surface area contributed by atoms with Crippen LogP contribution in [0.2, 0.25) is 0 Å². The van der Waals surface area contributed by atoms with Crippen LogP contribution in [-0.4, -0.2) is 56.2 Å². The maximum atomic E-state index is 13.7. The van der Waals surface area contributed by atoms with Crippen LogP contribution >= 0.6 is 7.60 Å². The van der Waals surface area contributed by atoms with Gasteiger partial charge in [-0.1, -0.05) is 12.1 Å². The number of fused-ring (bicyclic) bond motifs is 1. The largest absolute Gasteiger partial charge is 0.455 e. The molecule has 1 unspecified atom stereocenters. The summed E-state index contributed by atoms with van der Waals surface area (Å²) in [6.07, 6.45) is 0.244. The third-order valence-electron chi connectivity index (χ3n) is 7.14. The van der Waals surface area contributed by atoms with Crippen LogP contribution in [0.3, 0.4) is 0 Å². The second-order valence-electron chi connectivity index (χ2n) is 9.90. The molecule has 0 radical (unpaired) electrons. The Morgan fingerprint density at radius 1 is 1.00 bits per heavy atom. The van der Waals surface area contributed by atoms with E-state index in [0.29, 0.717) is 52.9 Å². The van der Waals surface area contributed by atoms with E-state index in [4.69, 9.17) is 8.94 Å². The van der Waals surface area contributed by atoms with E-state index in [1.165, 1.54) is 12.1 Å². The Bertz CT molecular complexity index is 1650. The summed E-state index contributed by atoms with van der Waals surface area (Å²) in [5.41, 5.74) is 4.27. The van der Waals surface area contributed by atoms with Gasteiger partial charge in [-0.2, -0.15) is 0 Å². The van der Waals surface area contributed by atoms with Gasteiger partial charge in [-0.05, 0) is 75.2 Å². The van der Waals surface area contributed by atoms with Crippen LogP contribution in [0.4, 0.5) is 10.1 Å². The summed E-state index contributed by atoms with van der Waals surface area (Å²) in [6, 6.07) is 16.7. The first-order valence-corrected chi connectivity index (χ1v) is 16.1. The summed E-state index contributed by atoms with van der Waals surface area (Å²) in [5, 5.41) is 6.08. The molecule has 0 aliphatic carbocycles. The van der Waals surface area contributed by atoms with Crippen LogP contribution in [0.15, 0.2) is 65.1 Å². The molecule has 0 fully saturated rings. The lowest BCUT2D eigenvalue weighted by molar-refractivity contribution is 0.0949. The lowest BCUT2D eigenvalue weighted by atomic mass is 9.96. The van der Waals surface area contributed by atoms with Crippen molar-refractivity contribution in [2.75, 3.05) is 44.4 Å². The molecule has 0 spiro atoms. The Balaban J connectivity index is 1.76. The number of halogens is 1. The number of amides is 2. The minimum atomic E-state index is -3.66. The van der Waals surface area contributed by atoms with Gasteiger partial charge < -0.3 is 29.4 Å². The van der Waals surface area contributed by atoms with Crippen molar-refractivity contribution >= 4 is 36.1 Å². The van der Waals surface area contributed by atoms with Gasteiger partial charge in [-0.3, -0.25) is 14.2 Å². The number of hydrogen-bond donors (Lipinski definition) is 3. The highest BCUT2D eigenvalue weighted by molar-refractivity contribution is 7.52. The van der Waals surface area contributed by atoms with Gasteiger partial charge in [0.2, 0.25) is 0 Å². The van der Waals surface area contributed by atoms with E-state index in [0.717, 1.165) is 16.8 Å². The van der Waals surface area contributed by atoms with Gasteiger partial charge in [0.15, 0.2) is 0 Å². The van der Waals surface area contributed by atoms with Gasteiger partial charge in [-0.25, -0.2) is 4.39 Å². The average molecular weight is 610 g/mol. The third-order valence-corrected chi connectivity index (χ3v) is 8.68. The zero-order chi connectivity index (χ0) is 31.1. The van der Waals surface area contributed by atoms with E-state index >= 15 is 0 Å². The highest BCUT2D eigenvalue weighted by Crippen LogP contribution is 2.42. The number of nitrogens with one attached hydrogen (secondary N) is 2. The molecule has 9 nitrogen and oxygen atoms in total. The normalized spacial score (nSPS) is 12.6. The molecule has 1 aromatic heterocycles. The van der Waals surface area contributed by atoms with Gasteiger partial charge >= 0.3 is 7.60 Å². The van der Waals surface area contributed by atoms with Gasteiger partial charge in [-0.15, -0.1) is 0 Å². The maximum absolute atomic E-state index is 13.7. The third kappa shape index (κ3) is 7.33. The van der Waals surface area contributed by atoms with Gasteiger partial charge in [0.05, 0.1) is 18.3 Å². The van der Waals surface area contributed by atoms with Crippen LogP contribution in [0.1, 0.15) is 47.9 Å². The predicted molar refractivity (Wildman–Crippen MR) is 167 cm³/mol. The molecule has 1 heterocycles. The minimum absolute atomic E-state index is 0.0489. The summed E-state index contributed by atoms with van der Waals surface area (Å²) in [5.74, 6) is -0.717. The van der Waals surface area contributed by atoms with Crippen molar-refractivity contribution in [3.63, 3.8) is 0 Å². The number of furan rings is 1. The minimum Gasteiger partial charge on any atom is -0.455 e. The SMILES string of the molecule is CCOP(=O)(O)CCCNC(=O)c1cccc(-c2cc3c(C(=O)NC)c(-c4ccc(F)cc4)oc3cc2N(CC)CC)c1. The number of nitrogens with zero attached hydrogens (tertiary/aromatic N) is 1. The number of anilines is 1. The molecular weight excluding hydrogens is 572 g/mol. The molecule has 0 aliphatic rings. The lowest BCUT2D eigenvalue weighted by Gasteiger charge is -2.24. The molecule has 43 heavy (non-hydrogen) atoms. The molecule has 0 bridgehead atoms. The Kier molecular flexibility index (Phi) is 10.4. The zero-order valence-corrected chi connectivity index (χ0v) is 25.7. The lowest BCUT2D eigenvalue weighted by Crippen LogP contribution is -2.25. The van der Waals surface area contributed by atoms with E-state index in [-0.39, 0.29) is 31.1 Å². The monoisotopic (exact) mass is 609 g/mol. The molecule has 1 atom stereocenters. The topological polar surface area (TPSA) is 121 Å². The van der Waals surface area contributed by atoms with Crippen molar-refractivity contribution in [2.45, 2.75) is 27.2 Å². The Morgan fingerprint density at radius 3 is 2.37 bits per heavy atom. The molecular formula is C32H37FN3O6P. The molecule has 0 saturated heterocycles. The van der Waals surface area contributed by atoms with Crippen molar-refractivity contribution in [3.8, 4) is 22.5 Å². The summed E-state index contributed by atoms with van der Waals surface area (Å²) in [7, 11) is -2.12. The zero-order valence-electron chi connectivity index (χ0n) is 24.8. The number of carbonyl (C=O) groups is 2. The fourth-order valence-electron chi connectivity index (χ4n) is 5.02. The fourth-order valence-corrected chi connectivity index (χ4v) is 6.11. The highest BCUT2D eigenvalue weighted by atomic mass is 31.2. The molecule has 0 aliphatic heterocycles. The van der Waals surface area contributed by atoms with Crippen molar-refractivity contribution < 1.29 is 32.4 Å². The molecule has 0 saturated carbocycles. The van der Waals surface area contributed by atoms with E-state index in [2.05, 4.69) is 15.5 Å². The quantitative estimate of drug-likeness (QED) is 0.118. The second kappa shape index (κ2) is 14.0. The van der Waals surface area contributed by atoms with E-state index < -0.39 is 13.4 Å². The summed E-state index contributed by atoms with van der Waals surface area (Å²) in [6.45, 7) is 7.51. The maximum Gasteiger partial charge on any atom is 0.328 e. The molecule has 2 amide bonds. The van der Waals surface area contributed by atoms with Crippen molar-refractivity contribution in [2.24, 2.45) is 0 Å². The van der Waals surface area contributed by atoms with Gasteiger partial charge in [0, 0.05) is 60.5 Å². The van der Waals surface area contributed by atoms with E-state index in [1.54, 1.807) is 44.3 Å². The molecule has 4 rings (SSSR count). The Morgan fingerprint density at radius 2 is 1.72 bits per heavy atom. The van der Waals surface area contributed by atoms with Crippen molar-refractivity contribution in [1.82, 2.24) is 10.6 Å².